The molecule has 1 atom stereocenters. The lowest BCUT2D eigenvalue weighted by Crippen LogP contribution is -2.18. The Labute approximate surface area is 75.3 Å². The van der Waals surface area contributed by atoms with Crippen LogP contribution in [-0.2, 0) is 9.53 Å². The molecule has 0 fully saturated rings. The number of carbonyl (C=O) groups is 1. The molecule has 0 spiro atoms. The van der Waals surface area contributed by atoms with Crippen molar-refractivity contribution in [1.82, 2.24) is 0 Å². The van der Waals surface area contributed by atoms with E-state index in [0.717, 1.165) is 12.8 Å². The van der Waals surface area contributed by atoms with Crippen molar-refractivity contribution in [3.8, 4) is 0 Å². The highest BCUT2D eigenvalue weighted by atomic mass is 16.5. The summed E-state index contributed by atoms with van der Waals surface area (Å²) in [7, 11) is 0. The molecule has 0 aliphatic rings. The van der Waals surface area contributed by atoms with Gasteiger partial charge in [0.1, 0.15) is 0 Å². The van der Waals surface area contributed by atoms with Crippen LogP contribution >= 0.6 is 0 Å². The molecule has 0 saturated carbocycles. The first kappa shape index (κ1) is 11.5. The SMILES string of the molecule is CCOC(=O)[C@@H](CC)CC(C)C. The predicted octanol–water partition coefficient (Wildman–Crippen LogP) is 2.62. The van der Waals surface area contributed by atoms with Gasteiger partial charge in [-0.25, -0.2) is 0 Å². The Morgan fingerprint density at radius 3 is 2.25 bits per heavy atom. The van der Waals surface area contributed by atoms with E-state index in [4.69, 9.17) is 4.74 Å². The molecule has 0 aliphatic heterocycles. The summed E-state index contributed by atoms with van der Waals surface area (Å²) in [5, 5.41) is 0. The third kappa shape index (κ3) is 4.37. The van der Waals surface area contributed by atoms with E-state index in [0.29, 0.717) is 12.5 Å². The Hall–Kier alpha value is -0.530. The number of ether oxygens (including phenoxy) is 1. The van der Waals surface area contributed by atoms with Crippen molar-refractivity contribution in [2.75, 3.05) is 6.61 Å². The van der Waals surface area contributed by atoms with E-state index in [-0.39, 0.29) is 11.9 Å². The molecule has 0 aromatic carbocycles. The van der Waals surface area contributed by atoms with Gasteiger partial charge in [0.2, 0.25) is 0 Å². The highest BCUT2D eigenvalue weighted by molar-refractivity contribution is 5.72. The highest BCUT2D eigenvalue weighted by Gasteiger charge is 2.18. The van der Waals surface area contributed by atoms with Gasteiger partial charge >= 0.3 is 5.97 Å². The molecule has 0 N–H and O–H groups in total. The predicted molar refractivity (Wildman–Crippen MR) is 49.9 cm³/mol. The lowest BCUT2D eigenvalue weighted by Gasteiger charge is -2.14. The molecular formula is C10H20O2. The van der Waals surface area contributed by atoms with Crippen LogP contribution in [0.2, 0.25) is 0 Å². The van der Waals surface area contributed by atoms with Gasteiger partial charge in [0, 0.05) is 0 Å². The summed E-state index contributed by atoms with van der Waals surface area (Å²) in [5.74, 6) is 0.637. The summed E-state index contributed by atoms with van der Waals surface area (Å²) >= 11 is 0. The molecule has 0 heterocycles. The average Bonchev–Trinajstić information content (AvgIpc) is 2.00. The van der Waals surface area contributed by atoms with Crippen LogP contribution in [0, 0.1) is 11.8 Å². The van der Waals surface area contributed by atoms with Gasteiger partial charge in [0.15, 0.2) is 0 Å². The van der Waals surface area contributed by atoms with Crippen molar-refractivity contribution >= 4 is 5.97 Å². The molecule has 2 nitrogen and oxygen atoms in total. The van der Waals surface area contributed by atoms with Crippen molar-refractivity contribution in [3.05, 3.63) is 0 Å². The largest absolute Gasteiger partial charge is 0.466 e. The maximum atomic E-state index is 11.3. The lowest BCUT2D eigenvalue weighted by atomic mass is 9.95. The zero-order valence-corrected chi connectivity index (χ0v) is 8.59. The Morgan fingerprint density at radius 2 is 1.92 bits per heavy atom. The second kappa shape index (κ2) is 6.04. The fraction of sp³-hybridized carbons (Fsp3) is 0.900. The Balaban J connectivity index is 3.87. The van der Waals surface area contributed by atoms with Gasteiger partial charge in [-0.05, 0) is 25.7 Å². The quantitative estimate of drug-likeness (QED) is 0.596. The highest BCUT2D eigenvalue weighted by Crippen LogP contribution is 2.16. The van der Waals surface area contributed by atoms with Crippen LogP contribution in [0.3, 0.4) is 0 Å². The molecule has 0 amide bonds. The maximum absolute atomic E-state index is 11.3. The number of carbonyl (C=O) groups excluding carboxylic acids is 1. The molecule has 72 valence electrons. The molecule has 0 aromatic rings. The minimum atomic E-state index is -0.0336. The number of rotatable bonds is 5. The van der Waals surface area contributed by atoms with E-state index in [2.05, 4.69) is 13.8 Å². The first-order chi connectivity index (χ1) is 5.61. The second-order valence-electron chi connectivity index (χ2n) is 3.49. The fourth-order valence-corrected chi connectivity index (χ4v) is 1.26. The van der Waals surface area contributed by atoms with Crippen molar-refractivity contribution in [3.63, 3.8) is 0 Å². The van der Waals surface area contributed by atoms with Crippen molar-refractivity contribution in [1.29, 1.82) is 0 Å². The molecule has 0 bridgehead atoms. The number of esters is 1. The van der Waals surface area contributed by atoms with E-state index in [9.17, 15) is 4.79 Å². The van der Waals surface area contributed by atoms with E-state index in [1.807, 2.05) is 13.8 Å². The topological polar surface area (TPSA) is 26.3 Å². The Morgan fingerprint density at radius 1 is 1.33 bits per heavy atom. The van der Waals surface area contributed by atoms with Crippen LogP contribution in [0.4, 0.5) is 0 Å². The molecule has 0 unspecified atom stereocenters. The van der Waals surface area contributed by atoms with E-state index < -0.39 is 0 Å². The minimum absolute atomic E-state index is 0.0336. The second-order valence-corrected chi connectivity index (χ2v) is 3.49. The third-order valence-corrected chi connectivity index (χ3v) is 1.87. The zero-order chi connectivity index (χ0) is 9.56. The van der Waals surface area contributed by atoms with Gasteiger partial charge in [-0.3, -0.25) is 4.79 Å². The zero-order valence-electron chi connectivity index (χ0n) is 8.59. The van der Waals surface area contributed by atoms with Crippen LogP contribution < -0.4 is 0 Å². The number of hydrogen-bond donors (Lipinski definition) is 0. The van der Waals surface area contributed by atoms with Gasteiger partial charge in [0.05, 0.1) is 12.5 Å². The number of hydrogen-bond acceptors (Lipinski definition) is 2. The van der Waals surface area contributed by atoms with E-state index >= 15 is 0 Å². The summed E-state index contributed by atoms with van der Waals surface area (Å²) in [5.41, 5.74) is 0. The van der Waals surface area contributed by atoms with E-state index in [1.165, 1.54) is 0 Å². The molecule has 0 aliphatic carbocycles. The van der Waals surface area contributed by atoms with Gasteiger partial charge in [-0.2, -0.15) is 0 Å². The molecule has 0 saturated heterocycles. The molecule has 2 heteroatoms. The molecule has 0 radical (unpaired) electrons. The maximum Gasteiger partial charge on any atom is 0.308 e. The summed E-state index contributed by atoms with van der Waals surface area (Å²) in [6, 6.07) is 0. The van der Waals surface area contributed by atoms with Gasteiger partial charge in [-0.15, -0.1) is 0 Å². The summed E-state index contributed by atoms with van der Waals surface area (Å²) in [4.78, 5) is 11.3. The minimum Gasteiger partial charge on any atom is -0.466 e. The Bertz CT molecular complexity index is 130. The summed E-state index contributed by atoms with van der Waals surface area (Å²) in [6.45, 7) is 8.63. The monoisotopic (exact) mass is 172 g/mol. The van der Waals surface area contributed by atoms with Crippen LogP contribution in [0.25, 0.3) is 0 Å². The fourth-order valence-electron chi connectivity index (χ4n) is 1.26. The van der Waals surface area contributed by atoms with Gasteiger partial charge in [0.25, 0.3) is 0 Å². The Kier molecular flexibility index (Phi) is 5.77. The lowest BCUT2D eigenvalue weighted by molar-refractivity contribution is -0.148. The van der Waals surface area contributed by atoms with Gasteiger partial charge < -0.3 is 4.74 Å². The summed E-state index contributed by atoms with van der Waals surface area (Å²) < 4.78 is 4.96. The smallest absolute Gasteiger partial charge is 0.308 e. The van der Waals surface area contributed by atoms with Crippen molar-refractivity contribution in [2.24, 2.45) is 11.8 Å². The molecule has 0 aromatic heterocycles. The van der Waals surface area contributed by atoms with Gasteiger partial charge in [-0.1, -0.05) is 20.8 Å². The first-order valence-electron chi connectivity index (χ1n) is 4.78. The summed E-state index contributed by atoms with van der Waals surface area (Å²) in [6.07, 6.45) is 1.83. The van der Waals surface area contributed by atoms with Crippen molar-refractivity contribution in [2.45, 2.75) is 40.5 Å². The van der Waals surface area contributed by atoms with Crippen molar-refractivity contribution < 1.29 is 9.53 Å². The molecule has 0 rings (SSSR count). The standard InChI is InChI=1S/C10H20O2/c1-5-9(7-8(3)4)10(11)12-6-2/h8-9H,5-7H2,1-4H3/t9-/m0/s1. The van der Waals surface area contributed by atoms with Crippen LogP contribution in [0.15, 0.2) is 0 Å². The molecule has 12 heavy (non-hydrogen) atoms. The first-order valence-corrected chi connectivity index (χ1v) is 4.78. The van der Waals surface area contributed by atoms with E-state index in [1.54, 1.807) is 0 Å². The molecular weight excluding hydrogens is 152 g/mol. The van der Waals surface area contributed by atoms with Crippen LogP contribution in [0.1, 0.15) is 40.5 Å². The third-order valence-electron chi connectivity index (χ3n) is 1.87. The normalized spacial score (nSPS) is 13.1. The van der Waals surface area contributed by atoms with Crippen LogP contribution in [-0.4, -0.2) is 12.6 Å². The average molecular weight is 172 g/mol. The van der Waals surface area contributed by atoms with Crippen LogP contribution in [0.5, 0.6) is 0 Å².